The maximum absolute atomic E-state index is 11.3. The quantitative estimate of drug-likeness (QED) is 0.821. The first kappa shape index (κ1) is 13.1. The van der Waals surface area contributed by atoms with Gasteiger partial charge in [-0.05, 0) is 19.3 Å². The van der Waals surface area contributed by atoms with E-state index < -0.39 is 9.84 Å². The molecule has 0 radical (unpaired) electrons. The Morgan fingerprint density at radius 2 is 2.06 bits per heavy atom. The molecule has 0 spiro atoms. The molecule has 0 aromatic carbocycles. The normalized spacial score (nSPS) is 21.7. The van der Waals surface area contributed by atoms with E-state index in [-0.39, 0.29) is 11.7 Å². The van der Waals surface area contributed by atoms with Crippen molar-refractivity contribution in [3.05, 3.63) is 12.4 Å². The first-order chi connectivity index (χ1) is 8.59. The highest BCUT2D eigenvalue weighted by molar-refractivity contribution is 7.91. The van der Waals surface area contributed by atoms with Crippen molar-refractivity contribution in [2.75, 3.05) is 35.2 Å². The first-order valence-electron chi connectivity index (χ1n) is 6.09. The van der Waals surface area contributed by atoms with Crippen LogP contribution in [0.15, 0.2) is 12.4 Å². The maximum atomic E-state index is 11.3. The zero-order chi connectivity index (χ0) is 13.0. The molecule has 1 unspecified atom stereocenters. The fourth-order valence-electron chi connectivity index (χ4n) is 2.01. The van der Waals surface area contributed by atoms with Crippen LogP contribution in [-0.4, -0.2) is 43.0 Å². The molecule has 0 amide bonds. The minimum Gasteiger partial charge on any atom is -0.370 e. The predicted molar refractivity (Wildman–Crippen MR) is 71.4 cm³/mol. The van der Waals surface area contributed by atoms with Crippen LogP contribution in [0.2, 0.25) is 0 Å². The van der Waals surface area contributed by atoms with Crippen LogP contribution >= 0.6 is 0 Å². The van der Waals surface area contributed by atoms with E-state index in [0.717, 1.165) is 24.6 Å². The molecule has 1 saturated heterocycles. The second-order valence-corrected chi connectivity index (χ2v) is 6.70. The van der Waals surface area contributed by atoms with Crippen molar-refractivity contribution in [2.24, 2.45) is 5.92 Å². The number of anilines is 2. The zero-order valence-corrected chi connectivity index (χ0v) is 11.2. The third-order valence-electron chi connectivity index (χ3n) is 2.92. The zero-order valence-electron chi connectivity index (χ0n) is 10.4. The summed E-state index contributed by atoms with van der Waals surface area (Å²) in [5, 5.41) is 6.27. The number of rotatable bonds is 5. The Balaban J connectivity index is 1.88. The van der Waals surface area contributed by atoms with E-state index >= 15 is 0 Å². The summed E-state index contributed by atoms with van der Waals surface area (Å²) in [4.78, 5) is 8.18. The third kappa shape index (κ3) is 3.56. The smallest absolute Gasteiger partial charge is 0.150 e. The summed E-state index contributed by atoms with van der Waals surface area (Å²) in [5.74, 6) is 2.28. The highest BCUT2D eigenvalue weighted by Crippen LogP contribution is 2.19. The maximum Gasteiger partial charge on any atom is 0.150 e. The summed E-state index contributed by atoms with van der Waals surface area (Å²) < 4.78 is 22.7. The molecule has 1 atom stereocenters. The fraction of sp³-hybridized carbons (Fsp3) is 0.636. The lowest BCUT2D eigenvalue weighted by Crippen LogP contribution is -2.16. The van der Waals surface area contributed by atoms with E-state index in [2.05, 4.69) is 20.6 Å². The van der Waals surface area contributed by atoms with Crippen molar-refractivity contribution < 1.29 is 8.42 Å². The Bertz CT molecular complexity index is 504. The van der Waals surface area contributed by atoms with Gasteiger partial charge in [-0.1, -0.05) is 0 Å². The minimum atomic E-state index is -2.80. The van der Waals surface area contributed by atoms with Gasteiger partial charge in [0.2, 0.25) is 0 Å². The summed E-state index contributed by atoms with van der Waals surface area (Å²) in [6, 6.07) is 1.83. The Morgan fingerprint density at radius 3 is 2.67 bits per heavy atom. The largest absolute Gasteiger partial charge is 0.370 e. The summed E-state index contributed by atoms with van der Waals surface area (Å²) in [6.45, 7) is 3.44. The lowest BCUT2D eigenvalue weighted by atomic mass is 10.1. The van der Waals surface area contributed by atoms with Crippen LogP contribution in [0.5, 0.6) is 0 Å². The second kappa shape index (κ2) is 5.51. The van der Waals surface area contributed by atoms with Gasteiger partial charge in [-0.3, -0.25) is 0 Å². The van der Waals surface area contributed by atoms with E-state index in [1.165, 1.54) is 6.33 Å². The average molecular weight is 270 g/mol. The molecular weight excluding hydrogens is 252 g/mol. The lowest BCUT2D eigenvalue weighted by molar-refractivity contribution is 0.595. The van der Waals surface area contributed by atoms with Gasteiger partial charge in [0.05, 0.1) is 11.5 Å². The van der Waals surface area contributed by atoms with Crippen molar-refractivity contribution in [1.82, 2.24) is 9.97 Å². The van der Waals surface area contributed by atoms with Gasteiger partial charge in [-0.15, -0.1) is 0 Å². The molecule has 7 heteroatoms. The van der Waals surface area contributed by atoms with Gasteiger partial charge in [0.1, 0.15) is 18.0 Å². The average Bonchev–Trinajstić information content (AvgIpc) is 2.68. The molecule has 1 aromatic rings. The minimum absolute atomic E-state index is 0.188. The molecule has 2 N–H and O–H groups in total. The predicted octanol–water partition coefficient (Wildman–Crippen LogP) is 0.755. The molecule has 6 nitrogen and oxygen atoms in total. The molecule has 2 heterocycles. The fourth-order valence-corrected chi connectivity index (χ4v) is 3.88. The van der Waals surface area contributed by atoms with Crippen molar-refractivity contribution in [3.8, 4) is 0 Å². The summed E-state index contributed by atoms with van der Waals surface area (Å²) >= 11 is 0. The number of nitrogens with zero attached hydrogens (tertiary/aromatic N) is 2. The van der Waals surface area contributed by atoms with E-state index in [4.69, 9.17) is 0 Å². The van der Waals surface area contributed by atoms with E-state index in [9.17, 15) is 8.42 Å². The Morgan fingerprint density at radius 1 is 1.33 bits per heavy atom. The van der Waals surface area contributed by atoms with Crippen LogP contribution < -0.4 is 10.6 Å². The van der Waals surface area contributed by atoms with Crippen LogP contribution in [-0.2, 0) is 9.84 Å². The van der Waals surface area contributed by atoms with Crippen molar-refractivity contribution in [2.45, 2.75) is 13.3 Å². The number of hydrogen-bond donors (Lipinski definition) is 2. The molecule has 1 fully saturated rings. The van der Waals surface area contributed by atoms with Crippen LogP contribution in [0.3, 0.4) is 0 Å². The van der Waals surface area contributed by atoms with Gasteiger partial charge in [-0.2, -0.15) is 0 Å². The molecular formula is C11H18N4O2S. The highest BCUT2D eigenvalue weighted by atomic mass is 32.2. The van der Waals surface area contributed by atoms with Gasteiger partial charge >= 0.3 is 0 Å². The van der Waals surface area contributed by atoms with Crippen molar-refractivity contribution in [3.63, 3.8) is 0 Å². The van der Waals surface area contributed by atoms with Crippen molar-refractivity contribution in [1.29, 1.82) is 0 Å². The van der Waals surface area contributed by atoms with Gasteiger partial charge < -0.3 is 10.6 Å². The lowest BCUT2D eigenvalue weighted by Gasteiger charge is -2.10. The molecule has 1 aliphatic rings. The number of nitrogens with one attached hydrogen (secondary N) is 2. The molecule has 1 aromatic heterocycles. The summed E-state index contributed by atoms with van der Waals surface area (Å²) in [7, 11) is -2.80. The molecule has 0 aliphatic carbocycles. The molecule has 2 rings (SSSR count). The van der Waals surface area contributed by atoms with Gasteiger partial charge in [0.15, 0.2) is 9.84 Å². The van der Waals surface area contributed by atoms with Gasteiger partial charge in [-0.25, -0.2) is 18.4 Å². The van der Waals surface area contributed by atoms with Crippen LogP contribution in [0.4, 0.5) is 11.6 Å². The standard InChI is InChI=1S/C11H18N4O2S/c1-2-12-10-5-11(15-8-14-10)13-6-9-3-4-18(16,17)7-9/h5,8-9H,2-4,6-7H2,1H3,(H2,12,13,14,15). The van der Waals surface area contributed by atoms with Crippen molar-refractivity contribution >= 4 is 21.5 Å². The summed E-state index contributed by atoms with van der Waals surface area (Å²) in [5.41, 5.74) is 0. The third-order valence-corrected chi connectivity index (χ3v) is 4.76. The van der Waals surface area contributed by atoms with Crippen LogP contribution in [0, 0.1) is 5.92 Å². The van der Waals surface area contributed by atoms with Gasteiger partial charge in [0, 0.05) is 19.2 Å². The van der Waals surface area contributed by atoms with Crippen LogP contribution in [0.25, 0.3) is 0 Å². The molecule has 1 aliphatic heterocycles. The molecule has 100 valence electrons. The molecule has 0 bridgehead atoms. The van der Waals surface area contributed by atoms with E-state index in [0.29, 0.717) is 12.3 Å². The summed E-state index contributed by atoms with van der Waals surface area (Å²) in [6.07, 6.45) is 2.23. The number of hydrogen-bond acceptors (Lipinski definition) is 6. The SMILES string of the molecule is CCNc1cc(NCC2CCS(=O)(=O)C2)ncn1. The monoisotopic (exact) mass is 270 g/mol. The molecule has 0 saturated carbocycles. The topological polar surface area (TPSA) is 84.0 Å². The Labute approximate surface area is 107 Å². The van der Waals surface area contributed by atoms with E-state index in [1.807, 2.05) is 13.0 Å². The van der Waals surface area contributed by atoms with Crippen LogP contribution in [0.1, 0.15) is 13.3 Å². The van der Waals surface area contributed by atoms with E-state index in [1.54, 1.807) is 0 Å². The Kier molecular flexibility index (Phi) is 4.00. The molecule has 18 heavy (non-hydrogen) atoms. The second-order valence-electron chi connectivity index (χ2n) is 4.47. The number of sulfone groups is 1. The Hall–Kier alpha value is -1.37. The highest BCUT2D eigenvalue weighted by Gasteiger charge is 2.27. The number of aromatic nitrogens is 2. The first-order valence-corrected chi connectivity index (χ1v) is 7.91. The van der Waals surface area contributed by atoms with Gasteiger partial charge in [0.25, 0.3) is 0 Å².